The quantitative estimate of drug-likeness (QED) is 0.400. The summed E-state index contributed by atoms with van der Waals surface area (Å²) in [6, 6.07) is 13.8. The van der Waals surface area contributed by atoms with Gasteiger partial charge in [0, 0.05) is 6.07 Å². The number of hydrogen-bond donors (Lipinski definition) is 0. The van der Waals surface area contributed by atoms with Gasteiger partial charge in [-0.3, -0.25) is 4.18 Å². The maximum Gasteiger partial charge on any atom is 0.272 e. The van der Waals surface area contributed by atoms with E-state index in [1.807, 2.05) is 42.5 Å². The lowest BCUT2D eigenvalue weighted by Gasteiger charge is -2.00. The van der Waals surface area contributed by atoms with Crippen LogP contribution in [0.15, 0.2) is 42.5 Å². The van der Waals surface area contributed by atoms with Gasteiger partial charge in [0.15, 0.2) is 5.75 Å². The standard InChI is InChI=1S/C13H10N2O.CH4O4S/c1-16-12-8-4-7-11-13(12)15-10-6-3-2-5-9(10)14-11;1-5-6(2,3)4/h2-8H,1H3;1H3,(H,2,3,4). The lowest BCUT2D eigenvalue weighted by Crippen LogP contribution is -2.08. The molecule has 3 aromatic rings. The van der Waals surface area contributed by atoms with Crippen LogP contribution in [0, 0.1) is 0 Å². The molecule has 1 N–H and O–H groups in total. The van der Waals surface area contributed by atoms with Crippen LogP contribution in [-0.2, 0) is 14.6 Å². The van der Waals surface area contributed by atoms with Crippen LogP contribution in [0.4, 0.5) is 0 Å². The Kier molecular flexibility index (Phi) is 4.86. The van der Waals surface area contributed by atoms with Crippen LogP contribution in [0.25, 0.3) is 22.1 Å². The van der Waals surface area contributed by atoms with Gasteiger partial charge in [0.2, 0.25) is 15.9 Å². The third-order valence-corrected chi connectivity index (χ3v) is 3.24. The van der Waals surface area contributed by atoms with Gasteiger partial charge in [-0.05, 0) is 18.2 Å². The second-order valence-corrected chi connectivity index (χ2v) is 5.33. The molecule has 116 valence electrons. The number of nitrogens with one attached hydrogen (secondary N) is 1. The Labute approximate surface area is 127 Å². The van der Waals surface area contributed by atoms with Crippen molar-refractivity contribution in [1.82, 2.24) is 4.98 Å². The van der Waals surface area contributed by atoms with Gasteiger partial charge in [-0.25, -0.2) is 13.4 Å². The molecule has 0 aliphatic rings. The van der Waals surface area contributed by atoms with Crippen molar-refractivity contribution in [2.24, 2.45) is 0 Å². The van der Waals surface area contributed by atoms with Crippen molar-refractivity contribution in [3.63, 3.8) is 0 Å². The fourth-order valence-electron chi connectivity index (χ4n) is 1.85. The van der Waals surface area contributed by atoms with Crippen molar-refractivity contribution in [2.75, 3.05) is 14.2 Å². The first-order valence-electron chi connectivity index (χ1n) is 6.21. The Bertz CT molecular complexity index is 896. The molecule has 8 heteroatoms. The van der Waals surface area contributed by atoms with Crippen molar-refractivity contribution in [1.29, 1.82) is 0 Å². The van der Waals surface area contributed by atoms with E-state index in [4.69, 9.17) is 4.74 Å². The van der Waals surface area contributed by atoms with Gasteiger partial charge in [0.05, 0.1) is 14.2 Å². The smallest absolute Gasteiger partial charge is 0.272 e. The molecule has 0 amide bonds. The Hall–Kier alpha value is -2.29. The summed E-state index contributed by atoms with van der Waals surface area (Å²) in [5.41, 5.74) is 3.82. The molecule has 1 aromatic heterocycles. The zero-order valence-electron chi connectivity index (χ0n) is 11.9. The minimum Gasteiger partial charge on any atom is -0.726 e. The number of aromatic nitrogens is 2. The number of para-hydroxylation sites is 3. The molecule has 22 heavy (non-hydrogen) atoms. The lowest BCUT2D eigenvalue weighted by atomic mass is 10.2. The van der Waals surface area contributed by atoms with E-state index in [1.54, 1.807) is 7.11 Å². The van der Waals surface area contributed by atoms with Crippen molar-refractivity contribution in [2.45, 2.75) is 0 Å². The van der Waals surface area contributed by atoms with Crippen LogP contribution in [-0.4, -0.2) is 32.2 Å². The highest BCUT2D eigenvalue weighted by atomic mass is 32.3. The molecule has 3 rings (SSSR count). The number of H-pyrrole nitrogens is 1. The predicted octanol–water partition coefficient (Wildman–Crippen LogP) is 1.30. The largest absolute Gasteiger partial charge is 0.726 e. The molecular formula is C14H14N2O5S. The number of rotatable bonds is 2. The minimum absolute atomic E-state index is 0.808. The van der Waals surface area contributed by atoms with E-state index < -0.39 is 10.4 Å². The summed E-state index contributed by atoms with van der Waals surface area (Å²) in [5, 5.41) is 0. The molecule has 0 aliphatic heterocycles. The number of nitrogens with zero attached hydrogens (tertiary/aromatic N) is 1. The molecular weight excluding hydrogens is 308 g/mol. The molecule has 0 bridgehead atoms. The summed E-state index contributed by atoms with van der Waals surface area (Å²) in [4.78, 5) is 7.92. The maximum atomic E-state index is 9.22. The monoisotopic (exact) mass is 322 g/mol. The fraction of sp³-hybridized carbons (Fsp3) is 0.143. The van der Waals surface area contributed by atoms with E-state index in [0.717, 1.165) is 34.9 Å². The van der Waals surface area contributed by atoms with E-state index in [0.29, 0.717) is 0 Å². The third kappa shape index (κ3) is 3.88. The lowest BCUT2D eigenvalue weighted by molar-refractivity contribution is -0.311. The summed E-state index contributed by atoms with van der Waals surface area (Å²) < 4.78 is 36.3. The van der Waals surface area contributed by atoms with Gasteiger partial charge in [0.25, 0.3) is 5.52 Å². The van der Waals surface area contributed by atoms with Crippen molar-refractivity contribution >= 4 is 32.5 Å². The molecule has 0 aliphatic carbocycles. The van der Waals surface area contributed by atoms with Gasteiger partial charge in [-0.1, -0.05) is 18.2 Å². The van der Waals surface area contributed by atoms with E-state index in [1.165, 1.54) is 0 Å². The summed E-state index contributed by atoms with van der Waals surface area (Å²) in [5.74, 6) is 0.816. The number of fused-ring (bicyclic) bond motifs is 2. The normalized spacial score (nSPS) is 11.0. The van der Waals surface area contributed by atoms with Crippen molar-refractivity contribution in [3.05, 3.63) is 42.5 Å². The fourth-order valence-corrected chi connectivity index (χ4v) is 1.85. The van der Waals surface area contributed by atoms with Crippen LogP contribution in [0.1, 0.15) is 0 Å². The van der Waals surface area contributed by atoms with Gasteiger partial charge in [-0.2, -0.15) is 4.98 Å². The van der Waals surface area contributed by atoms with Crippen molar-refractivity contribution < 1.29 is 26.9 Å². The Balaban J connectivity index is 0.000000254. The number of hydrogen-bond acceptors (Lipinski definition) is 6. The van der Waals surface area contributed by atoms with Gasteiger partial charge < -0.3 is 9.29 Å². The zero-order chi connectivity index (χ0) is 16.2. The molecule has 0 unspecified atom stereocenters. The topological polar surface area (TPSA) is 103 Å². The van der Waals surface area contributed by atoms with Crippen LogP contribution in [0.5, 0.6) is 5.75 Å². The number of aromatic amines is 1. The summed E-state index contributed by atoms with van der Waals surface area (Å²) >= 11 is 0. The molecule has 7 nitrogen and oxygen atoms in total. The summed E-state index contributed by atoms with van der Waals surface area (Å²) in [7, 11) is -1.94. The van der Waals surface area contributed by atoms with Crippen molar-refractivity contribution in [3.8, 4) is 5.75 Å². The molecule has 0 spiro atoms. The average Bonchev–Trinajstić information content (AvgIpc) is 2.52. The van der Waals surface area contributed by atoms with E-state index in [2.05, 4.69) is 14.2 Å². The second-order valence-electron chi connectivity index (χ2n) is 4.18. The SMILES string of the molecule is COS(=O)(=O)[O-].COc1cccc2nc3ccccc3[nH+]c12. The Morgan fingerprint density at radius 3 is 2.32 bits per heavy atom. The summed E-state index contributed by atoms with van der Waals surface area (Å²) in [6.07, 6.45) is 0. The molecule has 2 aromatic carbocycles. The van der Waals surface area contributed by atoms with E-state index in [-0.39, 0.29) is 0 Å². The minimum atomic E-state index is -4.41. The number of methoxy groups -OCH3 is 1. The first kappa shape index (κ1) is 16.1. The predicted molar refractivity (Wildman–Crippen MR) is 79.1 cm³/mol. The molecule has 0 atom stereocenters. The van der Waals surface area contributed by atoms with Crippen LogP contribution >= 0.6 is 0 Å². The van der Waals surface area contributed by atoms with Crippen LogP contribution in [0.3, 0.4) is 0 Å². The molecule has 0 radical (unpaired) electrons. The highest BCUT2D eigenvalue weighted by Crippen LogP contribution is 2.21. The van der Waals surface area contributed by atoms with Crippen LogP contribution < -0.4 is 9.72 Å². The molecule has 0 saturated carbocycles. The molecule has 0 saturated heterocycles. The first-order chi connectivity index (χ1) is 10.4. The van der Waals surface area contributed by atoms with E-state index in [9.17, 15) is 13.0 Å². The van der Waals surface area contributed by atoms with Gasteiger partial charge >= 0.3 is 0 Å². The Morgan fingerprint density at radius 2 is 1.68 bits per heavy atom. The number of benzene rings is 2. The molecule has 0 fully saturated rings. The van der Waals surface area contributed by atoms with E-state index >= 15 is 0 Å². The second kappa shape index (κ2) is 6.65. The zero-order valence-corrected chi connectivity index (χ0v) is 12.8. The van der Waals surface area contributed by atoms with Crippen LogP contribution in [0.2, 0.25) is 0 Å². The van der Waals surface area contributed by atoms with Gasteiger partial charge in [0.1, 0.15) is 11.0 Å². The highest BCUT2D eigenvalue weighted by Gasteiger charge is 2.11. The average molecular weight is 322 g/mol. The first-order valence-corrected chi connectivity index (χ1v) is 7.54. The number of ether oxygens (including phenoxy) is 1. The highest BCUT2D eigenvalue weighted by molar-refractivity contribution is 7.80. The maximum absolute atomic E-state index is 9.22. The van der Waals surface area contributed by atoms with Gasteiger partial charge in [-0.15, -0.1) is 0 Å². The third-order valence-electron chi connectivity index (χ3n) is 2.83. The molecule has 1 heterocycles. The Morgan fingerprint density at radius 1 is 1.05 bits per heavy atom. The summed E-state index contributed by atoms with van der Waals surface area (Å²) in [6.45, 7) is 0.